The number of carbonyl (C=O) groups is 1. The molecule has 1 aliphatic rings. The second-order valence-electron chi connectivity index (χ2n) is 4.72. The Morgan fingerprint density at radius 1 is 1.41 bits per heavy atom. The van der Waals surface area contributed by atoms with Gasteiger partial charge in [0, 0.05) is 0 Å². The molecule has 1 atom stereocenters. The monoisotopic (exact) mass is 242 g/mol. The summed E-state index contributed by atoms with van der Waals surface area (Å²) in [5.74, 6) is 0.679. The van der Waals surface area contributed by atoms with E-state index in [-0.39, 0.29) is 12.0 Å². The van der Waals surface area contributed by atoms with E-state index < -0.39 is 0 Å². The Labute approximate surface area is 105 Å². The fourth-order valence-corrected chi connectivity index (χ4v) is 2.30. The Balaban J connectivity index is 2.28. The number of rotatable bonds is 6. The molecular weight excluding hydrogens is 216 g/mol. The summed E-state index contributed by atoms with van der Waals surface area (Å²) in [5, 5.41) is 3.39. The van der Waals surface area contributed by atoms with Crippen molar-refractivity contribution in [3.05, 3.63) is 0 Å². The number of likely N-dealkylation sites (tertiary alicyclic amines) is 1. The van der Waals surface area contributed by atoms with Crippen LogP contribution in [0.3, 0.4) is 0 Å². The predicted octanol–water partition coefficient (Wildman–Crippen LogP) is 1.26. The van der Waals surface area contributed by atoms with Gasteiger partial charge in [0.25, 0.3) is 0 Å². The number of ether oxygens (including phenoxy) is 1. The van der Waals surface area contributed by atoms with Gasteiger partial charge in [-0.05, 0) is 58.8 Å². The van der Waals surface area contributed by atoms with E-state index in [1.54, 1.807) is 0 Å². The average molecular weight is 242 g/mol. The van der Waals surface area contributed by atoms with Crippen LogP contribution in [0.5, 0.6) is 0 Å². The van der Waals surface area contributed by atoms with Crippen molar-refractivity contribution < 1.29 is 9.53 Å². The molecule has 1 rings (SSSR count). The molecule has 0 bridgehead atoms. The van der Waals surface area contributed by atoms with E-state index in [1.807, 2.05) is 13.8 Å². The number of nitrogens with zero attached hydrogens (tertiary/aromatic N) is 1. The third-order valence-electron chi connectivity index (χ3n) is 3.51. The van der Waals surface area contributed by atoms with E-state index in [2.05, 4.69) is 17.1 Å². The Morgan fingerprint density at radius 2 is 2.06 bits per heavy atom. The zero-order valence-corrected chi connectivity index (χ0v) is 11.4. The summed E-state index contributed by atoms with van der Waals surface area (Å²) in [6.07, 6.45) is 2.35. The summed E-state index contributed by atoms with van der Waals surface area (Å²) in [6.45, 7) is 10.6. The first kappa shape index (κ1) is 14.5. The number of piperidine rings is 1. The second kappa shape index (κ2) is 7.67. The van der Waals surface area contributed by atoms with Gasteiger partial charge in [0.2, 0.25) is 0 Å². The minimum absolute atomic E-state index is 0.0855. The lowest BCUT2D eigenvalue weighted by atomic mass is 9.96. The van der Waals surface area contributed by atoms with Gasteiger partial charge in [-0.15, -0.1) is 0 Å². The Morgan fingerprint density at radius 3 is 2.59 bits per heavy atom. The molecule has 0 aliphatic carbocycles. The molecule has 0 saturated carbocycles. The van der Waals surface area contributed by atoms with Crippen LogP contribution in [0.4, 0.5) is 0 Å². The lowest BCUT2D eigenvalue weighted by Crippen LogP contribution is -2.45. The van der Waals surface area contributed by atoms with Crippen molar-refractivity contribution in [1.29, 1.82) is 0 Å². The fraction of sp³-hybridized carbons (Fsp3) is 0.923. The van der Waals surface area contributed by atoms with Crippen molar-refractivity contribution in [2.75, 3.05) is 32.8 Å². The van der Waals surface area contributed by atoms with Crippen LogP contribution in [0.25, 0.3) is 0 Å². The SMILES string of the molecule is CCNCC1CCN(C(C)C(=O)OCC)CC1. The quantitative estimate of drug-likeness (QED) is 0.712. The molecule has 1 aliphatic heterocycles. The highest BCUT2D eigenvalue weighted by atomic mass is 16.5. The number of hydrogen-bond donors (Lipinski definition) is 1. The summed E-state index contributed by atoms with van der Waals surface area (Å²) in [6, 6.07) is -0.0879. The summed E-state index contributed by atoms with van der Waals surface area (Å²) in [4.78, 5) is 13.9. The van der Waals surface area contributed by atoms with Crippen LogP contribution in [-0.4, -0.2) is 49.7 Å². The second-order valence-corrected chi connectivity index (χ2v) is 4.72. The van der Waals surface area contributed by atoms with Gasteiger partial charge in [0.05, 0.1) is 6.61 Å². The predicted molar refractivity (Wildman–Crippen MR) is 68.9 cm³/mol. The minimum atomic E-state index is -0.0879. The van der Waals surface area contributed by atoms with E-state index >= 15 is 0 Å². The molecule has 17 heavy (non-hydrogen) atoms. The van der Waals surface area contributed by atoms with Crippen molar-refractivity contribution in [2.24, 2.45) is 5.92 Å². The lowest BCUT2D eigenvalue weighted by molar-refractivity contribution is -0.149. The van der Waals surface area contributed by atoms with Gasteiger partial charge in [-0.3, -0.25) is 9.69 Å². The highest BCUT2D eigenvalue weighted by Gasteiger charge is 2.26. The van der Waals surface area contributed by atoms with Gasteiger partial charge in [0.15, 0.2) is 0 Å². The van der Waals surface area contributed by atoms with Crippen molar-refractivity contribution in [1.82, 2.24) is 10.2 Å². The number of hydrogen-bond acceptors (Lipinski definition) is 4. The van der Waals surface area contributed by atoms with Gasteiger partial charge in [-0.1, -0.05) is 6.92 Å². The Bertz CT molecular complexity index is 225. The molecular formula is C13H26N2O2. The standard InChI is InChI=1S/C13H26N2O2/c1-4-14-10-12-6-8-15(9-7-12)11(3)13(16)17-5-2/h11-12,14H,4-10H2,1-3H3. The highest BCUT2D eigenvalue weighted by molar-refractivity contribution is 5.75. The van der Waals surface area contributed by atoms with Crippen LogP contribution in [0, 0.1) is 5.92 Å². The van der Waals surface area contributed by atoms with Crippen molar-refractivity contribution in [3.63, 3.8) is 0 Å². The van der Waals surface area contributed by atoms with Crippen LogP contribution in [-0.2, 0) is 9.53 Å². The molecule has 0 spiro atoms. The summed E-state index contributed by atoms with van der Waals surface area (Å²) in [7, 11) is 0. The van der Waals surface area contributed by atoms with E-state index in [0.717, 1.165) is 32.1 Å². The first-order valence-corrected chi connectivity index (χ1v) is 6.80. The lowest BCUT2D eigenvalue weighted by Gasteiger charge is -2.34. The van der Waals surface area contributed by atoms with Crippen molar-refractivity contribution in [3.8, 4) is 0 Å². The van der Waals surface area contributed by atoms with Crippen molar-refractivity contribution in [2.45, 2.75) is 39.7 Å². The number of esters is 1. The molecule has 1 N–H and O–H groups in total. The summed E-state index contributed by atoms with van der Waals surface area (Å²) in [5.41, 5.74) is 0. The number of nitrogens with one attached hydrogen (secondary N) is 1. The summed E-state index contributed by atoms with van der Waals surface area (Å²) >= 11 is 0. The zero-order chi connectivity index (χ0) is 12.7. The van der Waals surface area contributed by atoms with Gasteiger partial charge in [0.1, 0.15) is 6.04 Å². The van der Waals surface area contributed by atoms with Crippen LogP contribution < -0.4 is 5.32 Å². The van der Waals surface area contributed by atoms with Crippen LogP contribution in [0.15, 0.2) is 0 Å². The molecule has 0 radical (unpaired) electrons. The first-order chi connectivity index (χ1) is 8.19. The molecule has 1 fully saturated rings. The topological polar surface area (TPSA) is 41.6 Å². The molecule has 0 amide bonds. The highest BCUT2D eigenvalue weighted by Crippen LogP contribution is 2.18. The molecule has 100 valence electrons. The number of carbonyl (C=O) groups excluding carboxylic acids is 1. The maximum Gasteiger partial charge on any atom is 0.323 e. The molecule has 1 heterocycles. The molecule has 4 heteroatoms. The van der Waals surface area contributed by atoms with Crippen LogP contribution in [0.1, 0.15) is 33.6 Å². The van der Waals surface area contributed by atoms with Gasteiger partial charge in [-0.2, -0.15) is 0 Å². The van der Waals surface area contributed by atoms with Crippen molar-refractivity contribution >= 4 is 5.97 Å². The van der Waals surface area contributed by atoms with Gasteiger partial charge < -0.3 is 10.1 Å². The largest absolute Gasteiger partial charge is 0.465 e. The maximum atomic E-state index is 11.6. The normalized spacial score (nSPS) is 20.2. The molecule has 0 aromatic heterocycles. The first-order valence-electron chi connectivity index (χ1n) is 6.80. The van der Waals surface area contributed by atoms with E-state index in [0.29, 0.717) is 6.61 Å². The zero-order valence-electron chi connectivity index (χ0n) is 11.4. The smallest absolute Gasteiger partial charge is 0.323 e. The van der Waals surface area contributed by atoms with Crippen LogP contribution in [0.2, 0.25) is 0 Å². The van der Waals surface area contributed by atoms with Crippen LogP contribution >= 0.6 is 0 Å². The average Bonchev–Trinajstić information content (AvgIpc) is 2.36. The molecule has 0 aromatic carbocycles. The Kier molecular flexibility index (Phi) is 6.52. The van der Waals surface area contributed by atoms with E-state index in [9.17, 15) is 4.79 Å². The summed E-state index contributed by atoms with van der Waals surface area (Å²) < 4.78 is 5.06. The molecule has 1 unspecified atom stereocenters. The third kappa shape index (κ3) is 4.64. The molecule has 4 nitrogen and oxygen atoms in total. The van der Waals surface area contributed by atoms with Gasteiger partial charge >= 0.3 is 5.97 Å². The third-order valence-corrected chi connectivity index (χ3v) is 3.51. The molecule has 1 saturated heterocycles. The maximum absolute atomic E-state index is 11.6. The Hall–Kier alpha value is -0.610. The van der Waals surface area contributed by atoms with E-state index in [4.69, 9.17) is 4.74 Å². The minimum Gasteiger partial charge on any atom is -0.465 e. The van der Waals surface area contributed by atoms with E-state index in [1.165, 1.54) is 12.8 Å². The molecule has 0 aromatic rings. The fourth-order valence-electron chi connectivity index (χ4n) is 2.30. The van der Waals surface area contributed by atoms with Gasteiger partial charge in [-0.25, -0.2) is 0 Å².